The van der Waals surface area contributed by atoms with Crippen LogP contribution in [0.3, 0.4) is 0 Å². The lowest BCUT2D eigenvalue weighted by molar-refractivity contribution is 0.223. The van der Waals surface area contributed by atoms with Gasteiger partial charge in [0.25, 0.3) is 0 Å². The van der Waals surface area contributed by atoms with Crippen LogP contribution in [0.5, 0.6) is 5.75 Å². The summed E-state index contributed by atoms with van der Waals surface area (Å²) in [5.74, 6) is 1.62. The molecule has 0 saturated carbocycles. The van der Waals surface area contributed by atoms with E-state index in [4.69, 9.17) is 14.8 Å². The number of thioether (sulfide) groups is 1. The highest BCUT2D eigenvalue weighted by atomic mass is 32.2. The molecule has 0 saturated heterocycles. The second-order valence-corrected chi connectivity index (χ2v) is 9.32. The minimum Gasteiger partial charge on any atom is -0.480 e. The minimum atomic E-state index is -0.247. The first-order valence-corrected chi connectivity index (χ1v) is 12.3. The Morgan fingerprint density at radius 1 is 0.909 bits per heavy atom. The summed E-state index contributed by atoms with van der Waals surface area (Å²) in [6.07, 6.45) is 1.76. The molecule has 0 unspecified atom stereocenters. The summed E-state index contributed by atoms with van der Waals surface area (Å²) in [5.41, 5.74) is 7.98. The van der Waals surface area contributed by atoms with Crippen LogP contribution in [0.4, 0.5) is 5.95 Å². The molecule has 3 heterocycles. The molecule has 6 heteroatoms. The predicted octanol–water partition coefficient (Wildman–Crippen LogP) is 6.18. The van der Waals surface area contributed by atoms with Crippen molar-refractivity contribution in [1.29, 1.82) is 0 Å². The molecule has 6 rings (SSSR count). The Labute approximate surface area is 197 Å². The number of hydrogen-bond donors (Lipinski definition) is 1. The molecule has 0 amide bonds. The van der Waals surface area contributed by atoms with Gasteiger partial charge in [0.15, 0.2) is 0 Å². The van der Waals surface area contributed by atoms with Crippen LogP contribution in [0.1, 0.15) is 40.0 Å². The number of fused-ring (bicyclic) bond motifs is 3. The van der Waals surface area contributed by atoms with E-state index in [1.54, 1.807) is 11.8 Å². The lowest BCUT2D eigenvalue weighted by Crippen LogP contribution is -2.32. The molecule has 5 nitrogen and oxygen atoms in total. The molecule has 0 aliphatic carbocycles. The maximum Gasteiger partial charge on any atom is 0.227 e. The van der Waals surface area contributed by atoms with Gasteiger partial charge in [-0.05, 0) is 43.4 Å². The summed E-state index contributed by atoms with van der Waals surface area (Å²) in [5, 5.41) is 9.22. The average molecular weight is 453 g/mol. The minimum absolute atomic E-state index is 0.135. The van der Waals surface area contributed by atoms with E-state index in [1.807, 2.05) is 23.1 Å². The lowest BCUT2D eigenvalue weighted by atomic mass is 9.84. The summed E-state index contributed by atoms with van der Waals surface area (Å²) < 4.78 is 8.71. The van der Waals surface area contributed by atoms with Gasteiger partial charge in [-0.15, -0.1) is 5.10 Å². The fourth-order valence-corrected chi connectivity index (χ4v) is 5.07. The Bertz CT molecular complexity index is 1390. The van der Waals surface area contributed by atoms with Crippen molar-refractivity contribution in [1.82, 2.24) is 14.8 Å². The van der Waals surface area contributed by atoms with Crippen molar-refractivity contribution < 1.29 is 4.74 Å². The molecule has 0 radical (unpaired) electrons. The largest absolute Gasteiger partial charge is 0.480 e. The Morgan fingerprint density at radius 2 is 1.73 bits per heavy atom. The predicted molar refractivity (Wildman–Crippen MR) is 133 cm³/mol. The molecule has 0 fully saturated rings. The topological polar surface area (TPSA) is 52.0 Å². The summed E-state index contributed by atoms with van der Waals surface area (Å²) in [6, 6.07) is 25.3. The number of ether oxygens (including phenoxy) is 1. The van der Waals surface area contributed by atoms with Gasteiger partial charge < -0.3 is 10.1 Å². The third-order valence-corrected chi connectivity index (χ3v) is 6.82. The normalized spacial score (nSPS) is 18.6. The molecule has 3 aromatic carbocycles. The molecular weight excluding hydrogens is 428 g/mol. The van der Waals surface area contributed by atoms with Gasteiger partial charge in [-0.2, -0.15) is 4.98 Å². The molecule has 1 N–H and O–H groups in total. The van der Waals surface area contributed by atoms with Gasteiger partial charge >= 0.3 is 0 Å². The van der Waals surface area contributed by atoms with Crippen LogP contribution < -0.4 is 10.1 Å². The molecule has 2 atom stereocenters. The molecular formula is C27H24N4OS. The van der Waals surface area contributed by atoms with Crippen LogP contribution in [0.2, 0.25) is 0 Å². The molecule has 164 valence electrons. The van der Waals surface area contributed by atoms with Crippen LogP contribution in [-0.4, -0.2) is 21.0 Å². The van der Waals surface area contributed by atoms with Crippen LogP contribution >= 0.6 is 11.8 Å². The van der Waals surface area contributed by atoms with Crippen LogP contribution in [0, 0.1) is 13.8 Å². The molecule has 1 aromatic heterocycles. The Kier molecular flexibility index (Phi) is 4.76. The smallest absolute Gasteiger partial charge is 0.227 e. The molecule has 2 aliphatic rings. The van der Waals surface area contributed by atoms with E-state index < -0.39 is 0 Å². The van der Waals surface area contributed by atoms with Crippen molar-refractivity contribution in [2.75, 3.05) is 11.6 Å². The highest BCUT2D eigenvalue weighted by molar-refractivity contribution is 7.98. The van der Waals surface area contributed by atoms with Gasteiger partial charge in [0.1, 0.15) is 17.9 Å². The quantitative estimate of drug-likeness (QED) is 0.376. The number of nitrogens with one attached hydrogen (secondary N) is 1. The first-order valence-electron chi connectivity index (χ1n) is 11.0. The number of nitrogens with zero attached hydrogens (tertiary/aromatic N) is 3. The summed E-state index contributed by atoms with van der Waals surface area (Å²) in [4.78, 5) is 4.77. The number of benzene rings is 3. The summed E-state index contributed by atoms with van der Waals surface area (Å²) >= 11 is 1.55. The first-order chi connectivity index (χ1) is 16.1. The summed E-state index contributed by atoms with van der Waals surface area (Å²) in [7, 11) is 0. The van der Waals surface area contributed by atoms with Crippen LogP contribution in [0.25, 0.3) is 5.70 Å². The molecule has 2 aliphatic heterocycles. The van der Waals surface area contributed by atoms with E-state index in [0.29, 0.717) is 0 Å². The van der Waals surface area contributed by atoms with E-state index in [1.165, 1.54) is 11.1 Å². The van der Waals surface area contributed by atoms with Gasteiger partial charge in [-0.25, -0.2) is 4.68 Å². The number of rotatable bonds is 3. The van der Waals surface area contributed by atoms with Crippen molar-refractivity contribution in [2.45, 2.75) is 31.1 Å². The second-order valence-electron chi connectivity index (χ2n) is 8.54. The number of hydrogen-bond acceptors (Lipinski definition) is 5. The number of anilines is 1. The highest BCUT2D eigenvalue weighted by Crippen LogP contribution is 2.50. The third-order valence-electron chi connectivity index (χ3n) is 6.28. The average Bonchev–Trinajstić information content (AvgIpc) is 3.26. The zero-order valence-corrected chi connectivity index (χ0v) is 19.6. The molecule has 0 bridgehead atoms. The Hall–Kier alpha value is -3.51. The third kappa shape index (κ3) is 3.33. The Morgan fingerprint density at radius 3 is 2.52 bits per heavy atom. The van der Waals surface area contributed by atoms with Gasteiger partial charge in [0.2, 0.25) is 11.1 Å². The van der Waals surface area contributed by atoms with Gasteiger partial charge in [-0.3, -0.25) is 0 Å². The van der Waals surface area contributed by atoms with Crippen LogP contribution in [0.15, 0.2) is 83.5 Å². The standard InChI is InChI=1S/C27H24N4OS/c1-16-11-13-18(14-12-16)24-22-23(28-26-29-27(33-3)30-31(24)26)20-9-4-5-10-21(20)32-25(22)19-8-6-7-17(2)15-19/h4-15,24-25H,1-3H3,(H,28,29,30)/t24-,25-/m0/s1. The highest BCUT2D eigenvalue weighted by Gasteiger charge is 2.41. The van der Waals surface area contributed by atoms with E-state index in [0.717, 1.165) is 44.8 Å². The number of aromatic nitrogens is 3. The number of para-hydroxylation sites is 1. The number of aryl methyl sites for hydroxylation is 2. The maximum absolute atomic E-state index is 6.70. The van der Waals surface area contributed by atoms with Crippen LogP contribution in [-0.2, 0) is 0 Å². The molecule has 0 spiro atoms. The first kappa shape index (κ1) is 20.1. The Balaban J connectivity index is 1.64. The molecule has 33 heavy (non-hydrogen) atoms. The second kappa shape index (κ2) is 7.81. The fraction of sp³-hybridized carbons (Fsp3) is 0.185. The maximum atomic E-state index is 6.70. The van der Waals surface area contributed by atoms with E-state index in [9.17, 15) is 0 Å². The SMILES string of the molecule is CSc1nc2n(n1)[C@@H](c1ccc(C)cc1)C1=C(N2)c2ccccc2O[C@H]1c1cccc(C)c1. The van der Waals surface area contributed by atoms with E-state index in [-0.39, 0.29) is 12.1 Å². The van der Waals surface area contributed by atoms with Crippen molar-refractivity contribution >= 4 is 23.4 Å². The van der Waals surface area contributed by atoms with E-state index >= 15 is 0 Å². The summed E-state index contributed by atoms with van der Waals surface area (Å²) in [6.45, 7) is 4.23. The molecule has 4 aromatic rings. The van der Waals surface area contributed by atoms with Crippen molar-refractivity contribution in [3.63, 3.8) is 0 Å². The van der Waals surface area contributed by atoms with Crippen molar-refractivity contribution in [3.8, 4) is 5.75 Å². The van der Waals surface area contributed by atoms with Crippen molar-refractivity contribution in [2.24, 2.45) is 0 Å². The fourth-order valence-electron chi connectivity index (χ4n) is 4.72. The zero-order chi connectivity index (χ0) is 22.5. The monoisotopic (exact) mass is 452 g/mol. The van der Waals surface area contributed by atoms with Gasteiger partial charge in [0.05, 0.1) is 5.70 Å². The van der Waals surface area contributed by atoms with Crippen molar-refractivity contribution in [3.05, 3.63) is 106 Å². The van der Waals surface area contributed by atoms with Gasteiger partial charge in [0, 0.05) is 11.1 Å². The lowest BCUT2D eigenvalue weighted by Gasteiger charge is -2.39. The zero-order valence-electron chi connectivity index (χ0n) is 18.7. The van der Waals surface area contributed by atoms with Gasteiger partial charge in [-0.1, -0.05) is 83.6 Å². The van der Waals surface area contributed by atoms with E-state index in [2.05, 4.69) is 79.8 Å².